The minimum Gasteiger partial charge on any atom is -0.462 e. The molecule has 0 fully saturated rings. The summed E-state index contributed by atoms with van der Waals surface area (Å²) >= 11 is 0. The van der Waals surface area contributed by atoms with Crippen molar-refractivity contribution in [2.45, 2.75) is 310 Å². The van der Waals surface area contributed by atoms with Crippen molar-refractivity contribution < 1.29 is 28.6 Å². The summed E-state index contributed by atoms with van der Waals surface area (Å²) in [5.41, 5.74) is 0. The number of esters is 3. The van der Waals surface area contributed by atoms with E-state index < -0.39 is 6.10 Å². The van der Waals surface area contributed by atoms with E-state index in [9.17, 15) is 14.4 Å². The normalized spacial score (nSPS) is 12.0. The Morgan fingerprint density at radius 3 is 0.803 bits per heavy atom. The van der Waals surface area contributed by atoms with Crippen LogP contribution in [0.25, 0.3) is 0 Å². The average Bonchev–Trinajstić information content (AvgIpc) is 3.23. The van der Waals surface area contributed by atoms with E-state index in [-0.39, 0.29) is 31.1 Å². The van der Waals surface area contributed by atoms with E-state index in [1.165, 1.54) is 193 Å². The van der Waals surface area contributed by atoms with Crippen LogP contribution < -0.4 is 0 Å². The van der Waals surface area contributed by atoms with E-state index in [0.717, 1.165) is 69.6 Å². The first-order valence-electron chi connectivity index (χ1n) is 27.2. The number of carbonyl (C=O) groups is 3. The Morgan fingerprint density at radius 2 is 0.541 bits per heavy atom. The topological polar surface area (TPSA) is 78.9 Å². The Hall–Kier alpha value is -1.59. The van der Waals surface area contributed by atoms with Crippen LogP contribution in [0, 0.1) is 11.8 Å². The second-order valence-electron chi connectivity index (χ2n) is 19.8. The Kier molecular flexibility index (Phi) is 46.6. The minimum atomic E-state index is -0.762. The summed E-state index contributed by atoms with van der Waals surface area (Å²) in [5.74, 6) is 0.800. The standard InChI is InChI=1S/C55H106O6/c1-6-7-8-9-10-11-12-13-18-22-25-32-37-42-47-55(58)61-52(49-60-54(57)46-41-36-31-27-26-29-34-39-44-51(4)5)48-59-53(56)45-40-35-30-24-21-19-16-14-15-17-20-23-28-33-38-43-50(2)3/h50-52H,6-49H2,1-5H3/t52-/m0/s1. The Labute approximate surface area is 380 Å². The quantitative estimate of drug-likeness (QED) is 0.0344. The van der Waals surface area contributed by atoms with E-state index in [4.69, 9.17) is 14.2 Å². The van der Waals surface area contributed by atoms with Gasteiger partial charge in [-0.1, -0.05) is 266 Å². The highest BCUT2D eigenvalue weighted by Crippen LogP contribution is 2.18. The summed E-state index contributed by atoms with van der Waals surface area (Å²) in [6, 6.07) is 0. The molecule has 0 aromatic rings. The molecule has 0 aliphatic heterocycles. The Morgan fingerprint density at radius 1 is 0.311 bits per heavy atom. The third-order valence-electron chi connectivity index (χ3n) is 12.5. The summed E-state index contributed by atoms with van der Waals surface area (Å²) < 4.78 is 16.8. The van der Waals surface area contributed by atoms with Gasteiger partial charge in [-0.3, -0.25) is 14.4 Å². The maximum atomic E-state index is 12.8. The molecule has 0 saturated carbocycles. The third kappa shape index (κ3) is 49.3. The first-order chi connectivity index (χ1) is 29.7. The molecule has 0 aliphatic carbocycles. The van der Waals surface area contributed by atoms with Gasteiger partial charge in [0.1, 0.15) is 13.2 Å². The molecule has 0 N–H and O–H groups in total. The lowest BCUT2D eigenvalue weighted by Crippen LogP contribution is -2.30. The van der Waals surface area contributed by atoms with Crippen LogP contribution in [0.1, 0.15) is 304 Å². The van der Waals surface area contributed by atoms with Gasteiger partial charge in [0.15, 0.2) is 6.10 Å². The molecule has 0 saturated heterocycles. The summed E-state index contributed by atoms with van der Waals surface area (Å²) in [7, 11) is 0. The van der Waals surface area contributed by atoms with Crippen LogP contribution in [-0.2, 0) is 28.6 Å². The summed E-state index contributed by atoms with van der Waals surface area (Å²) in [4.78, 5) is 38.0. The van der Waals surface area contributed by atoms with E-state index >= 15 is 0 Å². The number of hydrogen-bond donors (Lipinski definition) is 0. The lowest BCUT2D eigenvalue weighted by atomic mass is 10.0. The monoisotopic (exact) mass is 863 g/mol. The van der Waals surface area contributed by atoms with E-state index in [2.05, 4.69) is 34.6 Å². The predicted molar refractivity (Wildman–Crippen MR) is 261 cm³/mol. The van der Waals surface area contributed by atoms with Crippen LogP contribution >= 0.6 is 0 Å². The van der Waals surface area contributed by atoms with Crippen molar-refractivity contribution in [1.29, 1.82) is 0 Å². The molecule has 0 heterocycles. The highest BCUT2D eigenvalue weighted by Gasteiger charge is 2.19. The van der Waals surface area contributed by atoms with Crippen molar-refractivity contribution in [3.05, 3.63) is 0 Å². The van der Waals surface area contributed by atoms with Gasteiger partial charge in [0.05, 0.1) is 0 Å². The second kappa shape index (κ2) is 47.9. The van der Waals surface area contributed by atoms with Crippen LogP contribution in [-0.4, -0.2) is 37.2 Å². The SMILES string of the molecule is CCCCCCCCCCCCCCCCC(=O)O[C@@H](COC(=O)CCCCCCCCCCCCCCCCCC(C)C)COC(=O)CCCCCCCCCCC(C)C. The highest BCUT2D eigenvalue weighted by molar-refractivity contribution is 5.71. The zero-order valence-electron chi connectivity index (χ0n) is 41.8. The molecule has 0 bridgehead atoms. The van der Waals surface area contributed by atoms with Crippen molar-refractivity contribution in [1.82, 2.24) is 0 Å². The molecule has 362 valence electrons. The molecule has 0 unspecified atom stereocenters. The fourth-order valence-corrected chi connectivity index (χ4v) is 8.34. The first kappa shape index (κ1) is 59.4. The van der Waals surface area contributed by atoms with Crippen molar-refractivity contribution in [2.75, 3.05) is 13.2 Å². The maximum absolute atomic E-state index is 12.8. The molecule has 0 aromatic carbocycles. The summed E-state index contributed by atoms with van der Waals surface area (Å²) in [6.07, 6.45) is 49.5. The largest absolute Gasteiger partial charge is 0.462 e. The van der Waals surface area contributed by atoms with Crippen LogP contribution in [0.2, 0.25) is 0 Å². The Balaban J connectivity index is 4.27. The average molecular weight is 863 g/mol. The molecule has 0 amide bonds. The van der Waals surface area contributed by atoms with Gasteiger partial charge < -0.3 is 14.2 Å². The van der Waals surface area contributed by atoms with Crippen LogP contribution in [0.4, 0.5) is 0 Å². The third-order valence-corrected chi connectivity index (χ3v) is 12.5. The molecule has 0 rings (SSSR count). The highest BCUT2D eigenvalue weighted by atomic mass is 16.6. The van der Waals surface area contributed by atoms with Crippen LogP contribution in [0.3, 0.4) is 0 Å². The van der Waals surface area contributed by atoms with Gasteiger partial charge in [-0.25, -0.2) is 0 Å². The molecule has 1 atom stereocenters. The lowest BCUT2D eigenvalue weighted by Gasteiger charge is -2.18. The molecule has 61 heavy (non-hydrogen) atoms. The number of carbonyl (C=O) groups excluding carboxylic acids is 3. The molecular weight excluding hydrogens is 757 g/mol. The van der Waals surface area contributed by atoms with Crippen molar-refractivity contribution >= 4 is 17.9 Å². The van der Waals surface area contributed by atoms with Gasteiger partial charge in [0.25, 0.3) is 0 Å². The predicted octanol–water partition coefficient (Wildman–Crippen LogP) is 17.7. The van der Waals surface area contributed by atoms with E-state index in [0.29, 0.717) is 19.3 Å². The fraction of sp³-hybridized carbons (Fsp3) is 0.945. The summed E-state index contributed by atoms with van der Waals surface area (Å²) in [6.45, 7) is 11.4. The molecule has 6 nitrogen and oxygen atoms in total. The Bertz CT molecular complexity index is 931. The van der Waals surface area contributed by atoms with Gasteiger partial charge in [-0.15, -0.1) is 0 Å². The first-order valence-corrected chi connectivity index (χ1v) is 27.2. The van der Waals surface area contributed by atoms with Crippen molar-refractivity contribution in [3.63, 3.8) is 0 Å². The van der Waals surface area contributed by atoms with E-state index in [1.54, 1.807) is 0 Å². The molecule has 0 radical (unpaired) electrons. The molecule has 6 heteroatoms. The van der Waals surface area contributed by atoms with Gasteiger partial charge in [0, 0.05) is 19.3 Å². The number of hydrogen-bond acceptors (Lipinski definition) is 6. The lowest BCUT2D eigenvalue weighted by molar-refractivity contribution is -0.167. The number of unbranched alkanes of at least 4 members (excludes halogenated alkanes) is 34. The van der Waals surface area contributed by atoms with Gasteiger partial charge in [-0.05, 0) is 31.1 Å². The molecular formula is C55H106O6. The zero-order valence-corrected chi connectivity index (χ0v) is 41.8. The summed E-state index contributed by atoms with van der Waals surface area (Å²) in [5, 5.41) is 0. The maximum Gasteiger partial charge on any atom is 0.306 e. The van der Waals surface area contributed by atoms with Gasteiger partial charge >= 0.3 is 17.9 Å². The van der Waals surface area contributed by atoms with Gasteiger partial charge in [-0.2, -0.15) is 0 Å². The number of ether oxygens (including phenoxy) is 3. The van der Waals surface area contributed by atoms with Crippen LogP contribution in [0.5, 0.6) is 0 Å². The smallest absolute Gasteiger partial charge is 0.306 e. The molecule has 0 aromatic heterocycles. The van der Waals surface area contributed by atoms with E-state index in [1.807, 2.05) is 0 Å². The minimum absolute atomic E-state index is 0.0634. The number of rotatable bonds is 49. The van der Waals surface area contributed by atoms with Crippen LogP contribution in [0.15, 0.2) is 0 Å². The van der Waals surface area contributed by atoms with Gasteiger partial charge in [0.2, 0.25) is 0 Å². The fourth-order valence-electron chi connectivity index (χ4n) is 8.34. The van der Waals surface area contributed by atoms with Crippen molar-refractivity contribution in [3.8, 4) is 0 Å². The van der Waals surface area contributed by atoms with Crippen molar-refractivity contribution in [2.24, 2.45) is 11.8 Å². The molecule has 0 spiro atoms. The molecule has 0 aliphatic rings. The second-order valence-corrected chi connectivity index (χ2v) is 19.8. The zero-order chi connectivity index (χ0) is 44.7.